The van der Waals surface area contributed by atoms with Gasteiger partial charge in [0.05, 0.1) is 18.5 Å². The number of benzene rings is 1. The number of carbonyl (C=O) groups is 2. The van der Waals surface area contributed by atoms with Crippen molar-refractivity contribution < 1.29 is 28.2 Å². The first kappa shape index (κ1) is 22.3. The van der Waals surface area contributed by atoms with Gasteiger partial charge in [0.15, 0.2) is 13.2 Å². The van der Waals surface area contributed by atoms with E-state index in [2.05, 4.69) is 10.2 Å². The average Bonchev–Trinajstić information content (AvgIpc) is 3.48. The van der Waals surface area contributed by atoms with E-state index in [1.807, 2.05) is 24.4 Å². The highest BCUT2D eigenvalue weighted by Crippen LogP contribution is 2.23. The molecule has 0 fully saturated rings. The summed E-state index contributed by atoms with van der Waals surface area (Å²) < 4.78 is 21.1. The molecule has 0 aliphatic heterocycles. The number of hydrogen-bond acceptors (Lipinski definition) is 9. The van der Waals surface area contributed by atoms with Crippen molar-refractivity contribution in [2.75, 3.05) is 26.9 Å². The van der Waals surface area contributed by atoms with Crippen LogP contribution >= 0.6 is 11.3 Å². The van der Waals surface area contributed by atoms with Gasteiger partial charge in [0.1, 0.15) is 11.5 Å². The first-order valence-corrected chi connectivity index (χ1v) is 10.5. The SMILES string of the molecule is CCCN(Cc1nnc(-c2cccs2)o1)C(=O)COC(=O)COc1ccc(OC)cc1. The van der Waals surface area contributed by atoms with E-state index >= 15 is 0 Å². The van der Waals surface area contributed by atoms with Crippen LogP contribution in [0.1, 0.15) is 19.2 Å². The molecule has 0 aliphatic rings. The molecule has 2 heterocycles. The highest BCUT2D eigenvalue weighted by molar-refractivity contribution is 7.13. The number of carbonyl (C=O) groups excluding carboxylic acids is 2. The highest BCUT2D eigenvalue weighted by Gasteiger charge is 2.19. The first-order chi connectivity index (χ1) is 15.1. The Hall–Kier alpha value is -3.40. The summed E-state index contributed by atoms with van der Waals surface area (Å²) in [5, 5.41) is 9.94. The summed E-state index contributed by atoms with van der Waals surface area (Å²) in [4.78, 5) is 26.8. The Morgan fingerprint density at radius 1 is 1.10 bits per heavy atom. The first-order valence-electron chi connectivity index (χ1n) is 9.65. The number of rotatable bonds is 11. The summed E-state index contributed by atoms with van der Waals surface area (Å²) in [5.41, 5.74) is 0. The van der Waals surface area contributed by atoms with E-state index in [0.29, 0.717) is 29.8 Å². The lowest BCUT2D eigenvalue weighted by atomic mass is 10.3. The Balaban J connectivity index is 1.47. The van der Waals surface area contributed by atoms with Gasteiger partial charge in [-0.25, -0.2) is 4.79 Å². The number of amides is 1. The molecular formula is C21H23N3O6S. The Bertz CT molecular complexity index is 971. The molecule has 0 N–H and O–H groups in total. The summed E-state index contributed by atoms with van der Waals surface area (Å²) in [6.45, 7) is 1.86. The van der Waals surface area contributed by atoms with Gasteiger partial charge in [-0.05, 0) is 42.1 Å². The van der Waals surface area contributed by atoms with E-state index in [1.165, 1.54) is 16.2 Å². The molecule has 1 aromatic carbocycles. The molecule has 31 heavy (non-hydrogen) atoms. The van der Waals surface area contributed by atoms with Crippen LogP contribution < -0.4 is 9.47 Å². The maximum Gasteiger partial charge on any atom is 0.344 e. The minimum Gasteiger partial charge on any atom is -0.497 e. The third kappa shape index (κ3) is 6.54. The fraction of sp³-hybridized carbons (Fsp3) is 0.333. The third-order valence-electron chi connectivity index (χ3n) is 4.14. The molecular weight excluding hydrogens is 422 g/mol. The van der Waals surface area contributed by atoms with Crippen molar-refractivity contribution in [1.82, 2.24) is 15.1 Å². The van der Waals surface area contributed by atoms with Crippen molar-refractivity contribution in [3.8, 4) is 22.3 Å². The Labute approximate surface area is 183 Å². The number of ether oxygens (including phenoxy) is 3. The van der Waals surface area contributed by atoms with Gasteiger partial charge in [-0.3, -0.25) is 4.79 Å². The second kappa shape index (κ2) is 11.1. The van der Waals surface area contributed by atoms with E-state index in [4.69, 9.17) is 18.6 Å². The number of hydrogen-bond donors (Lipinski definition) is 0. The molecule has 10 heteroatoms. The van der Waals surface area contributed by atoms with Gasteiger partial charge in [-0.1, -0.05) is 13.0 Å². The van der Waals surface area contributed by atoms with Crippen molar-refractivity contribution >= 4 is 23.2 Å². The van der Waals surface area contributed by atoms with Gasteiger partial charge >= 0.3 is 5.97 Å². The Morgan fingerprint density at radius 2 is 1.87 bits per heavy atom. The molecule has 0 saturated carbocycles. The van der Waals surface area contributed by atoms with Crippen LogP contribution in [-0.4, -0.2) is 53.8 Å². The molecule has 1 amide bonds. The lowest BCUT2D eigenvalue weighted by Gasteiger charge is -2.20. The Kier molecular flexibility index (Phi) is 7.99. The summed E-state index contributed by atoms with van der Waals surface area (Å²) in [6, 6.07) is 10.6. The number of aromatic nitrogens is 2. The smallest absolute Gasteiger partial charge is 0.344 e. The molecule has 9 nitrogen and oxygen atoms in total. The standard InChI is InChI=1S/C21H23N3O6S/c1-3-10-24(12-18-22-23-21(30-18)17-5-4-11-31-17)19(25)13-29-20(26)14-28-16-8-6-15(27-2)7-9-16/h4-9,11H,3,10,12-14H2,1-2H3. The van der Waals surface area contributed by atoms with Gasteiger partial charge in [0, 0.05) is 6.54 Å². The predicted octanol–water partition coefficient (Wildman–Crippen LogP) is 3.17. The number of nitrogens with zero attached hydrogens (tertiary/aromatic N) is 3. The molecule has 0 atom stereocenters. The minimum atomic E-state index is -0.640. The van der Waals surface area contributed by atoms with Gasteiger partial charge in [0.2, 0.25) is 5.89 Å². The van der Waals surface area contributed by atoms with Crippen LogP contribution in [-0.2, 0) is 20.9 Å². The molecule has 2 aromatic heterocycles. The number of thiophene rings is 1. The van der Waals surface area contributed by atoms with Crippen molar-refractivity contribution in [2.45, 2.75) is 19.9 Å². The van der Waals surface area contributed by atoms with E-state index < -0.39 is 12.6 Å². The van der Waals surface area contributed by atoms with Crippen LogP contribution in [0.3, 0.4) is 0 Å². The molecule has 0 spiro atoms. The van der Waals surface area contributed by atoms with Crippen molar-refractivity contribution in [3.05, 3.63) is 47.7 Å². The summed E-state index contributed by atoms with van der Waals surface area (Å²) in [6.07, 6.45) is 0.728. The van der Waals surface area contributed by atoms with Crippen LogP contribution in [0.2, 0.25) is 0 Å². The van der Waals surface area contributed by atoms with Gasteiger partial charge < -0.3 is 23.5 Å². The van der Waals surface area contributed by atoms with Crippen molar-refractivity contribution in [1.29, 1.82) is 0 Å². The summed E-state index contributed by atoms with van der Waals surface area (Å²) in [7, 11) is 1.56. The fourth-order valence-electron chi connectivity index (χ4n) is 2.63. The normalized spacial score (nSPS) is 10.5. The zero-order chi connectivity index (χ0) is 22.1. The number of methoxy groups -OCH3 is 1. The largest absolute Gasteiger partial charge is 0.497 e. The molecule has 0 bridgehead atoms. The second-order valence-corrected chi connectivity index (χ2v) is 7.37. The zero-order valence-electron chi connectivity index (χ0n) is 17.3. The lowest BCUT2D eigenvalue weighted by molar-refractivity contribution is -0.154. The van der Waals surface area contributed by atoms with Gasteiger partial charge in [0.25, 0.3) is 11.8 Å². The maximum atomic E-state index is 12.5. The van der Waals surface area contributed by atoms with E-state index in [9.17, 15) is 9.59 Å². The van der Waals surface area contributed by atoms with Crippen LogP contribution in [0.15, 0.2) is 46.2 Å². The van der Waals surface area contributed by atoms with Crippen LogP contribution in [0.4, 0.5) is 0 Å². The minimum absolute atomic E-state index is 0.144. The monoisotopic (exact) mass is 445 g/mol. The Morgan fingerprint density at radius 3 is 2.55 bits per heavy atom. The maximum absolute atomic E-state index is 12.5. The fourth-order valence-corrected chi connectivity index (χ4v) is 3.28. The lowest BCUT2D eigenvalue weighted by Crippen LogP contribution is -2.35. The highest BCUT2D eigenvalue weighted by atomic mass is 32.1. The van der Waals surface area contributed by atoms with E-state index in [0.717, 1.165) is 11.3 Å². The molecule has 0 saturated heterocycles. The third-order valence-corrected chi connectivity index (χ3v) is 5.00. The summed E-state index contributed by atoms with van der Waals surface area (Å²) in [5.74, 6) is 0.916. The van der Waals surface area contributed by atoms with E-state index in [1.54, 1.807) is 31.4 Å². The molecule has 3 rings (SSSR count). The average molecular weight is 445 g/mol. The van der Waals surface area contributed by atoms with Crippen molar-refractivity contribution in [2.24, 2.45) is 0 Å². The molecule has 0 aliphatic carbocycles. The number of esters is 1. The predicted molar refractivity (Wildman–Crippen MR) is 113 cm³/mol. The molecule has 164 valence electrons. The quantitative estimate of drug-likeness (QED) is 0.415. The van der Waals surface area contributed by atoms with Crippen molar-refractivity contribution in [3.63, 3.8) is 0 Å². The van der Waals surface area contributed by atoms with Crippen LogP contribution in [0.25, 0.3) is 10.8 Å². The van der Waals surface area contributed by atoms with Crippen LogP contribution in [0, 0.1) is 0 Å². The molecule has 0 radical (unpaired) electrons. The summed E-state index contributed by atoms with van der Waals surface area (Å²) >= 11 is 1.49. The molecule has 3 aromatic rings. The molecule has 0 unspecified atom stereocenters. The topological polar surface area (TPSA) is 104 Å². The van der Waals surface area contributed by atoms with E-state index in [-0.39, 0.29) is 19.1 Å². The zero-order valence-corrected chi connectivity index (χ0v) is 18.1. The van der Waals surface area contributed by atoms with Gasteiger partial charge in [-0.2, -0.15) is 0 Å². The van der Waals surface area contributed by atoms with Crippen LogP contribution in [0.5, 0.6) is 11.5 Å². The van der Waals surface area contributed by atoms with Gasteiger partial charge in [-0.15, -0.1) is 21.5 Å². The second-order valence-electron chi connectivity index (χ2n) is 6.42.